The molecule has 1 unspecified atom stereocenters. The zero-order chi connectivity index (χ0) is 11.4. The van der Waals surface area contributed by atoms with Crippen LogP contribution in [0.25, 0.3) is 0 Å². The summed E-state index contributed by atoms with van der Waals surface area (Å²) < 4.78 is 0. The molecule has 0 aromatic heterocycles. The Balaban J connectivity index is 2.26. The van der Waals surface area contributed by atoms with Crippen LogP contribution in [0, 0.1) is 4.91 Å². The Hall–Kier alpha value is -1.62. The highest BCUT2D eigenvalue weighted by Crippen LogP contribution is 2.14. The number of hydrogen-bond donors (Lipinski definition) is 0. The first kappa shape index (κ1) is 10.9. The highest BCUT2D eigenvalue weighted by molar-refractivity contribution is 6.18. The van der Waals surface area contributed by atoms with E-state index in [0.29, 0.717) is 12.4 Å². The average Bonchev–Trinajstić information content (AvgIpc) is 2.39. The van der Waals surface area contributed by atoms with E-state index in [1.807, 2.05) is 30.3 Å². The van der Waals surface area contributed by atoms with Gasteiger partial charge in [0.05, 0.1) is 17.7 Å². The predicted molar refractivity (Wildman–Crippen MR) is 61.1 cm³/mol. The van der Waals surface area contributed by atoms with Crippen LogP contribution < -0.4 is 0 Å². The van der Waals surface area contributed by atoms with Crippen molar-refractivity contribution in [2.24, 2.45) is 10.4 Å². The van der Waals surface area contributed by atoms with Crippen molar-refractivity contribution in [1.29, 1.82) is 0 Å². The largest absolute Gasteiger partial charge is 0.387 e. The third kappa shape index (κ3) is 2.14. The fraction of sp³-hybridized carbons (Fsp3) is 0.300. The summed E-state index contributed by atoms with van der Waals surface area (Å²) >= 11 is 5.63. The summed E-state index contributed by atoms with van der Waals surface area (Å²) in [6.45, 7) is 0.320. The Morgan fingerprint density at radius 3 is 2.88 bits per heavy atom. The van der Waals surface area contributed by atoms with Crippen molar-refractivity contribution in [3.05, 3.63) is 40.8 Å². The first-order chi connectivity index (χ1) is 7.85. The van der Waals surface area contributed by atoms with Crippen LogP contribution in [-0.4, -0.2) is 29.4 Å². The molecule has 1 aliphatic heterocycles. The molecule has 16 heavy (non-hydrogen) atoms. The van der Waals surface area contributed by atoms with Gasteiger partial charge in [0.2, 0.25) is 0 Å². The molecule has 1 heterocycles. The van der Waals surface area contributed by atoms with Gasteiger partial charge in [0.25, 0.3) is 0 Å². The van der Waals surface area contributed by atoms with Crippen molar-refractivity contribution in [1.82, 2.24) is 5.01 Å². The molecule has 0 spiro atoms. The van der Waals surface area contributed by atoms with Gasteiger partial charge in [-0.05, 0) is 0 Å². The molecule has 0 amide bonds. The maximum atomic E-state index is 10.7. The molecule has 2 rings (SSSR count). The molecular weight excluding hydrogens is 230 g/mol. The van der Waals surface area contributed by atoms with Crippen LogP contribution in [0.1, 0.15) is 5.56 Å². The van der Waals surface area contributed by atoms with Gasteiger partial charge in [-0.1, -0.05) is 35.5 Å². The summed E-state index contributed by atoms with van der Waals surface area (Å²) in [6, 6.07) is 9.26. The van der Waals surface area contributed by atoms with Crippen molar-refractivity contribution >= 4 is 17.4 Å². The fourth-order valence-corrected chi connectivity index (χ4v) is 1.58. The second-order valence-electron chi connectivity index (χ2n) is 3.33. The molecule has 0 saturated heterocycles. The summed E-state index contributed by atoms with van der Waals surface area (Å²) in [5.41, 5.74) is 0.787. The second-order valence-corrected chi connectivity index (χ2v) is 3.64. The zero-order valence-electron chi connectivity index (χ0n) is 8.41. The summed E-state index contributed by atoms with van der Waals surface area (Å²) in [5.74, 6) is 0.689. The Morgan fingerprint density at radius 1 is 1.50 bits per heavy atom. The third-order valence-corrected chi connectivity index (χ3v) is 2.56. The van der Waals surface area contributed by atoms with E-state index in [0.717, 1.165) is 5.56 Å². The van der Waals surface area contributed by atoms with Crippen LogP contribution in [0.4, 0.5) is 0 Å². The van der Waals surface area contributed by atoms with E-state index in [9.17, 15) is 4.91 Å². The quantitative estimate of drug-likeness (QED) is 0.599. The summed E-state index contributed by atoms with van der Waals surface area (Å²) in [7, 11) is 0. The minimum absolute atomic E-state index is 0.275. The van der Waals surface area contributed by atoms with Crippen molar-refractivity contribution in [3.63, 3.8) is 0 Å². The van der Waals surface area contributed by atoms with Crippen molar-refractivity contribution in [2.75, 3.05) is 12.4 Å². The van der Waals surface area contributed by atoms with Crippen LogP contribution >= 0.6 is 11.6 Å². The molecule has 1 atom stereocenters. The Bertz CT molecular complexity index is 396. The molecule has 1 aliphatic rings. The molecule has 0 saturated carbocycles. The molecule has 84 valence electrons. The first-order valence-corrected chi connectivity index (χ1v) is 5.34. The van der Waals surface area contributed by atoms with E-state index < -0.39 is 0 Å². The minimum atomic E-state index is -0.299. The van der Waals surface area contributed by atoms with Gasteiger partial charge in [0, 0.05) is 5.56 Å². The standard InChI is InChI=1S/C10H10ClN3O2/c11-6-9-7-14(13-15)10(12-16-9)8-4-2-1-3-5-8/h1-5,9H,6-7H2. The van der Waals surface area contributed by atoms with E-state index in [1.165, 1.54) is 5.01 Å². The Morgan fingerprint density at radius 2 is 2.25 bits per heavy atom. The molecule has 0 aliphatic carbocycles. The molecule has 0 bridgehead atoms. The smallest absolute Gasteiger partial charge is 0.198 e. The first-order valence-electron chi connectivity index (χ1n) is 4.81. The van der Waals surface area contributed by atoms with Gasteiger partial charge in [-0.15, -0.1) is 16.5 Å². The number of nitrogens with zero attached hydrogens (tertiary/aromatic N) is 3. The fourth-order valence-electron chi connectivity index (χ4n) is 1.42. The predicted octanol–water partition coefficient (Wildman–Crippen LogP) is 1.97. The average molecular weight is 240 g/mol. The molecule has 5 nitrogen and oxygen atoms in total. The molecule has 0 radical (unpaired) electrons. The van der Waals surface area contributed by atoms with Crippen LogP contribution in [-0.2, 0) is 4.84 Å². The highest BCUT2D eigenvalue weighted by atomic mass is 35.5. The van der Waals surface area contributed by atoms with Crippen molar-refractivity contribution in [3.8, 4) is 0 Å². The highest BCUT2D eigenvalue weighted by Gasteiger charge is 2.25. The van der Waals surface area contributed by atoms with Gasteiger partial charge < -0.3 is 4.84 Å². The number of halogens is 1. The topological polar surface area (TPSA) is 54.3 Å². The number of benzene rings is 1. The van der Waals surface area contributed by atoms with Crippen LogP contribution in [0.15, 0.2) is 40.8 Å². The van der Waals surface area contributed by atoms with Crippen LogP contribution in [0.3, 0.4) is 0 Å². The van der Waals surface area contributed by atoms with Crippen LogP contribution in [0.2, 0.25) is 0 Å². The van der Waals surface area contributed by atoms with Gasteiger partial charge in [0.1, 0.15) is 0 Å². The molecule has 1 aromatic rings. The normalized spacial score (nSPS) is 19.9. The van der Waals surface area contributed by atoms with Gasteiger partial charge in [-0.2, -0.15) is 0 Å². The number of alkyl halides is 1. The van der Waals surface area contributed by atoms with Gasteiger partial charge in [-0.25, -0.2) is 5.01 Å². The maximum absolute atomic E-state index is 10.7. The summed E-state index contributed by atoms with van der Waals surface area (Å²) in [6.07, 6.45) is -0.299. The lowest BCUT2D eigenvalue weighted by atomic mass is 10.2. The number of amidine groups is 1. The second kappa shape index (κ2) is 4.94. The van der Waals surface area contributed by atoms with E-state index in [1.54, 1.807) is 0 Å². The summed E-state index contributed by atoms with van der Waals surface area (Å²) in [5, 5.41) is 8.04. The van der Waals surface area contributed by atoms with Crippen LogP contribution in [0.5, 0.6) is 0 Å². The van der Waals surface area contributed by atoms with Gasteiger partial charge >= 0.3 is 0 Å². The van der Waals surface area contributed by atoms with Crippen molar-refractivity contribution < 1.29 is 4.84 Å². The third-order valence-electron chi connectivity index (χ3n) is 2.21. The van der Waals surface area contributed by atoms with E-state index >= 15 is 0 Å². The number of rotatable bonds is 3. The molecule has 0 N–H and O–H groups in total. The lowest BCUT2D eigenvalue weighted by Gasteiger charge is -2.25. The van der Waals surface area contributed by atoms with E-state index in [4.69, 9.17) is 16.4 Å². The SMILES string of the molecule is O=NN1CC(CCl)ON=C1c1ccccc1. The molecule has 1 aromatic carbocycles. The Kier molecular flexibility index (Phi) is 3.36. The van der Waals surface area contributed by atoms with Gasteiger partial charge in [0.15, 0.2) is 11.9 Å². The number of nitroso groups, excluding NO2 is 1. The summed E-state index contributed by atoms with van der Waals surface area (Å²) in [4.78, 5) is 15.8. The monoisotopic (exact) mass is 239 g/mol. The molecule has 0 fully saturated rings. The maximum Gasteiger partial charge on any atom is 0.198 e. The minimum Gasteiger partial charge on any atom is -0.387 e. The molecule has 6 heteroatoms. The number of oxime groups is 1. The van der Waals surface area contributed by atoms with Gasteiger partial charge in [-0.3, -0.25) is 0 Å². The lowest BCUT2D eigenvalue weighted by molar-refractivity contribution is 0.0363. The van der Waals surface area contributed by atoms with E-state index in [-0.39, 0.29) is 12.0 Å². The van der Waals surface area contributed by atoms with E-state index in [2.05, 4.69) is 10.4 Å². The zero-order valence-corrected chi connectivity index (χ0v) is 9.17. The Labute approximate surface area is 97.6 Å². The molecular formula is C10H10ClN3O2. The lowest BCUT2D eigenvalue weighted by Crippen LogP contribution is -2.39. The van der Waals surface area contributed by atoms with Crippen molar-refractivity contribution in [2.45, 2.75) is 6.10 Å². The number of hydrogen-bond acceptors (Lipinski definition) is 4.